The zero-order valence-corrected chi connectivity index (χ0v) is 13.6. The molecule has 0 radical (unpaired) electrons. The molecular weight excluding hydrogens is 266 g/mol. The molecule has 20 heavy (non-hydrogen) atoms. The molecule has 0 atom stereocenters. The second-order valence-corrected chi connectivity index (χ2v) is 6.15. The first-order valence-electron chi connectivity index (χ1n) is 6.97. The summed E-state index contributed by atoms with van der Waals surface area (Å²) in [4.78, 5) is 14.9. The lowest BCUT2D eigenvalue weighted by molar-refractivity contribution is 0.893. The maximum absolute atomic E-state index is 4.69. The number of fused-ring (bicyclic) bond motifs is 1. The van der Waals surface area contributed by atoms with E-state index in [1.807, 2.05) is 32.9 Å². The van der Waals surface area contributed by atoms with Crippen LogP contribution in [0.1, 0.15) is 51.2 Å². The molecule has 3 nitrogen and oxygen atoms in total. The highest BCUT2D eigenvalue weighted by Crippen LogP contribution is 2.29. The van der Waals surface area contributed by atoms with Crippen LogP contribution in [0.15, 0.2) is 22.8 Å². The van der Waals surface area contributed by atoms with Gasteiger partial charge in [-0.05, 0) is 46.2 Å². The largest absolute Gasteiger partial charge is 0.262 e. The van der Waals surface area contributed by atoms with E-state index in [1.165, 1.54) is 5.57 Å². The van der Waals surface area contributed by atoms with E-state index >= 15 is 0 Å². The van der Waals surface area contributed by atoms with Crippen LogP contribution in [0.4, 0.5) is 0 Å². The third kappa shape index (κ3) is 3.31. The van der Waals surface area contributed by atoms with E-state index in [-0.39, 0.29) is 0 Å². The fourth-order valence-corrected chi connectivity index (χ4v) is 3.03. The van der Waals surface area contributed by atoms with Crippen LogP contribution in [0.25, 0.3) is 15.9 Å². The van der Waals surface area contributed by atoms with Crippen molar-refractivity contribution in [1.29, 1.82) is 0 Å². The Bertz CT molecular complexity index is 676. The van der Waals surface area contributed by atoms with Gasteiger partial charge in [-0.25, -0.2) is 9.97 Å². The van der Waals surface area contributed by atoms with Gasteiger partial charge in [-0.2, -0.15) is 0 Å². The molecular formula is C16H21N3S. The second-order valence-electron chi connectivity index (χ2n) is 5.18. The van der Waals surface area contributed by atoms with Gasteiger partial charge in [-0.1, -0.05) is 24.7 Å². The highest BCUT2D eigenvalue weighted by molar-refractivity contribution is 7.19. The Morgan fingerprint density at radius 2 is 1.95 bits per heavy atom. The van der Waals surface area contributed by atoms with E-state index in [9.17, 15) is 0 Å². The van der Waals surface area contributed by atoms with Crippen LogP contribution in [-0.2, 0) is 0 Å². The van der Waals surface area contributed by atoms with Gasteiger partial charge in [-0.15, -0.1) is 0 Å². The van der Waals surface area contributed by atoms with Crippen LogP contribution in [0.5, 0.6) is 0 Å². The molecule has 0 spiro atoms. The van der Waals surface area contributed by atoms with Gasteiger partial charge in [0.15, 0.2) is 0 Å². The van der Waals surface area contributed by atoms with Crippen molar-refractivity contribution >= 4 is 33.0 Å². The lowest BCUT2D eigenvalue weighted by Gasteiger charge is -2.05. The van der Waals surface area contributed by atoms with Crippen LogP contribution in [0, 0.1) is 6.92 Å². The van der Waals surface area contributed by atoms with Crippen molar-refractivity contribution < 1.29 is 0 Å². The van der Waals surface area contributed by atoms with Gasteiger partial charge in [0, 0.05) is 22.7 Å². The first-order valence-corrected chi connectivity index (χ1v) is 7.79. The fourth-order valence-electron chi connectivity index (χ4n) is 2.03. The molecule has 0 bridgehead atoms. The summed E-state index contributed by atoms with van der Waals surface area (Å²) in [5.41, 5.74) is 5.41. The van der Waals surface area contributed by atoms with Gasteiger partial charge in [0.05, 0.1) is 0 Å². The number of aliphatic imine (C=N–C) groups is 1. The number of hydrogen-bond acceptors (Lipinski definition) is 4. The highest BCUT2D eigenvalue weighted by Gasteiger charge is 2.10. The predicted molar refractivity (Wildman–Crippen MR) is 88.4 cm³/mol. The summed E-state index contributed by atoms with van der Waals surface area (Å²) in [5.74, 6) is 0. The lowest BCUT2D eigenvalue weighted by Crippen LogP contribution is -1.90. The third-order valence-corrected chi connectivity index (χ3v) is 4.08. The molecule has 2 aromatic rings. The van der Waals surface area contributed by atoms with Gasteiger partial charge in [0.25, 0.3) is 0 Å². The van der Waals surface area contributed by atoms with E-state index < -0.39 is 0 Å². The Kier molecular flexibility index (Phi) is 4.65. The fraction of sp³-hybridized carbons (Fsp3) is 0.438. The molecule has 2 rings (SSSR count). The minimum absolute atomic E-state index is 0.975. The molecule has 0 amide bonds. The Morgan fingerprint density at radius 1 is 1.20 bits per heavy atom. The smallest absolute Gasteiger partial charge is 0.144 e. The van der Waals surface area contributed by atoms with Crippen molar-refractivity contribution in [2.45, 2.75) is 47.5 Å². The van der Waals surface area contributed by atoms with Gasteiger partial charge in [0.1, 0.15) is 15.4 Å². The van der Waals surface area contributed by atoms with Crippen molar-refractivity contribution in [2.75, 3.05) is 0 Å². The van der Waals surface area contributed by atoms with E-state index in [4.69, 9.17) is 4.98 Å². The maximum atomic E-state index is 4.69. The second kappa shape index (κ2) is 6.27. The van der Waals surface area contributed by atoms with Crippen molar-refractivity contribution in [2.24, 2.45) is 4.99 Å². The quantitative estimate of drug-likeness (QED) is 0.741. The van der Waals surface area contributed by atoms with Crippen LogP contribution < -0.4 is 0 Å². The van der Waals surface area contributed by atoms with E-state index in [2.05, 4.69) is 23.8 Å². The number of allylic oxidation sites excluding steroid dienone is 2. The molecule has 0 aliphatic carbocycles. The Morgan fingerprint density at radius 3 is 2.60 bits per heavy atom. The summed E-state index contributed by atoms with van der Waals surface area (Å²) in [5, 5.41) is 1.03. The van der Waals surface area contributed by atoms with Crippen molar-refractivity contribution in [3.8, 4) is 0 Å². The Balaban J connectivity index is 2.51. The zero-order valence-electron chi connectivity index (χ0n) is 12.8. The minimum Gasteiger partial charge on any atom is -0.262 e. The number of aromatic nitrogens is 2. The normalized spacial score (nSPS) is 12.4. The molecule has 0 fully saturated rings. The van der Waals surface area contributed by atoms with Crippen LogP contribution in [0.2, 0.25) is 0 Å². The molecule has 0 saturated carbocycles. The Labute approximate surface area is 124 Å². The number of rotatable bonds is 4. The number of aryl methyl sites for hydroxylation is 1. The molecule has 106 valence electrons. The van der Waals surface area contributed by atoms with Crippen LogP contribution >= 0.6 is 11.3 Å². The average Bonchev–Trinajstić information content (AvgIpc) is 2.79. The summed E-state index contributed by atoms with van der Waals surface area (Å²) in [6.45, 7) is 10.4. The first-order chi connectivity index (χ1) is 9.51. The molecule has 2 aromatic heterocycles. The highest BCUT2D eigenvalue weighted by atomic mass is 32.1. The summed E-state index contributed by atoms with van der Waals surface area (Å²) >= 11 is 1.65. The van der Waals surface area contributed by atoms with Gasteiger partial charge in [0.2, 0.25) is 0 Å². The van der Waals surface area contributed by atoms with Crippen molar-refractivity contribution in [1.82, 2.24) is 9.97 Å². The minimum atomic E-state index is 0.975. The van der Waals surface area contributed by atoms with Crippen molar-refractivity contribution in [3.05, 3.63) is 28.5 Å². The summed E-state index contributed by atoms with van der Waals surface area (Å²) in [6, 6.07) is 4.05. The molecule has 2 heterocycles. The standard InChI is InChI=1S/C16H21N3S/c1-6-7-13(17-10(2)3)12(5)15-19-14-9-8-11(4)18-16(14)20-15/h8-9H,6-7H2,1-5H3/b13-12+. The zero-order chi connectivity index (χ0) is 14.7. The van der Waals surface area contributed by atoms with Gasteiger partial charge < -0.3 is 0 Å². The number of nitrogens with zero attached hydrogens (tertiary/aromatic N) is 3. The molecule has 0 aliphatic heterocycles. The SMILES string of the molecule is CCC/C(N=C(C)C)=C(/C)c1nc2ccc(C)nc2s1. The summed E-state index contributed by atoms with van der Waals surface area (Å²) < 4.78 is 0. The number of thiazole rings is 1. The Hall–Kier alpha value is -1.55. The molecule has 0 aliphatic rings. The molecule has 0 N–H and O–H groups in total. The molecule has 0 aromatic carbocycles. The summed E-state index contributed by atoms with van der Waals surface area (Å²) in [6.07, 6.45) is 2.07. The monoisotopic (exact) mass is 287 g/mol. The molecule has 0 unspecified atom stereocenters. The van der Waals surface area contributed by atoms with Crippen LogP contribution in [-0.4, -0.2) is 15.7 Å². The topological polar surface area (TPSA) is 38.1 Å². The number of pyridine rings is 1. The maximum Gasteiger partial charge on any atom is 0.144 e. The van der Waals surface area contributed by atoms with E-state index in [0.29, 0.717) is 0 Å². The summed E-state index contributed by atoms with van der Waals surface area (Å²) in [7, 11) is 0. The van der Waals surface area contributed by atoms with Crippen LogP contribution in [0.3, 0.4) is 0 Å². The molecule has 0 saturated heterocycles. The molecule has 4 heteroatoms. The lowest BCUT2D eigenvalue weighted by atomic mass is 10.1. The van der Waals surface area contributed by atoms with E-state index in [0.717, 1.165) is 45.3 Å². The average molecular weight is 287 g/mol. The first kappa shape index (κ1) is 14.9. The number of hydrogen-bond donors (Lipinski definition) is 0. The van der Waals surface area contributed by atoms with Gasteiger partial charge >= 0.3 is 0 Å². The van der Waals surface area contributed by atoms with Crippen molar-refractivity contribution in [3.63, 3.8) is 0 Å². The predicted octanol–water partition coefficient (Wildman–Crippen LogP) is 5.01. The third-order valence-electron chi connectivity index (χ3n) is 2.99. The van der Waals surface area contributed by atoms with Gasteiger partial charge in [-0.3, -0.25) is 4.99 Å². The van der Waals surface area contributed by atoms with E-state index in [1.54, 1.807) is 11.3 Å².